The van der Waals surface area contributed by atoms with Gasteiger partial charge in [0, 0.05) is 25.1 Å². The number of rotatable bonds is 4. The smallest absolute Gasteiger partial charge is 0.278 e. The monoisotopic (exact) mass is 391 g/mol. The van der Waals surface area contributed by atoms with Gasteiger partial charge >= 0.3 is 0 Å². The lowest BCUT2D eigenvalue weighted by molar-refractivity contribution is 0.0979. The molecule has 0 fully saturated rings. The largest absolute Gasteiger partial charge is 0.280 e. The number of hydrogen-bond donors (Lipinski definition) is 0. The minimum atomic E-state index is -0.166. The Morgan fingerprint density at radius 3 is 2.71 bits per heavy atom. The number of carbonyl (C=O) groups is 1. The standard InChI is InChI=1S/C21H21N5OS/c1-13-7-8-18-19(15(13)3)23-21(28-18)26(12-16-6-5-9-22-11-16)20(27)17-10-14(2)25(4)24-17/h5-11H,12H2,1-4H3. The van der Waals surface area contributed by atoms with Gasteiger partial charge in [-0.25, -0.2) is 4.98 Å². The minimum absolute atomic E-state index is 0.166. The van der Waals surface area contributed by atoms with Crippen LogP contribution >= 0.6 is 11.3 Å². The number of benzene rings is 1. The van der Waals surface area contributed by atoms with Crippen molar-refractivity contribution >= 4 is 32.6 Å². The second-order valence-corrected chi connectivity index (χ2v) is 7.91. The topological polar surface area (TPSA) is 63.9 Å². The van der Waals surface area contributed by atoms with Crippen molar-refractivity contribution in [3.63, 3.8) is 0 Å². The Labute approximate surface area is 167 Å². The van der Waals surface area contributed by atoms with Crippen LogP contribution in [0, 0.1) is 20.8 Å². The number of hydrogen-bond acceptors (Lipinski definition) is 5. The summed E-state index contributed by atoms with van der Waals surface area (Å²) < 4.78 is 2.78. The van der Waals surface area contributed by atoms with E-state index in [-0.39, 0.29) is 5.91 Å². The van der Waals surface area contributed by atoms with Crippen LogP contribution < -0.4 is 4.90 Å². The number of fused-ring (bicyclic) bond motifs is 1. The molecule has 3 aromatic heterocycles. The van der Waals surface area contributed by atoms with Gasteiger partial charge in [0.15, 0.2) is 10.8 Å². The highest BCUT2D eigenvalue weighted by molar-refractivity contribution is 7.22. The van der Waals surface area contributed by atoms with E-state index in [0.717, 1.165) is 27.0 Å². The first-order valence-corrected chi connectivity index (χ1v) is 9.84. The van der Waals surface area contributed by atoms with Gasteiger partial charge in [0.25, 0.3) is 5.91 Å². The Balaban J connectivity index is 1.80. The van der Waals surface area contributed by atoms with E-state index in [9.17, 15) is 4.79 Å². The molecule has 4 aromatic rings. The van der Waals surface area contributed by atoms with Crippen LogP contribution in [0.25, 0.3) is 10.2 Å². The molecule has 0 unspecified atom stereocenters. The molecule has 1 aromatic carbocycles. The molecule has 4 rings (SSSR count). The third-order valence-corrected chi connectivity index (χ3v) is 5.99. The van der Waals surface area contributed by atoms with Crippen molar-refractivity contribution in [2.24, 2.45) is 7.05 Å². The van der Waals surface area contributed by atoms with E-state index in [1.54, 1.807) is 28.0 Å². The Morgan fingerprint density at radius 1 is 1.21 bits per heavy atom. The quantitative estimate of drug-likeness (QED) is 0.523. The molecule has 0 atom stereocenters. The van der Waals surface area contributed by atoms with Gasteiger partial charge in [0.05, 0.1) is 16.8 Å². The van der Waals surface area contributed by atoms with Gasteiger partial charge in [-0.3, -0.25) is 19.4 Å². The Morgan fingerprint density at radius 2 is 2.04 bits per heavy atom. The number of pyridine rings is 1. The lowest BCUT2D eigenvalue weighted by atomic mass is 10.1. The van der Waals surface area contributed by atoms with Gasteiger partial charge in [-0.1, -0.05) is 23.5 Å². The number of anilines is 1. The Kier molecular flexibility index (Phi) is 4.68. The van der Waals surface area contributed by atoms with Crippen LogP contribution in [0.15, 0.2) is 42.7 Å². The van der Waals surface area contributed by atoms with Crippen LogP contribution in [0.5, 0.6) is 0 Å². The minimum Gasteiger partial charge on any atom is -0.278 e. The number of nitrogens with zero attached hydrogens (tertiary/aromatic N) is 5. The predicted molar refractivity (Wildman–Crippen MR) is 112 cm³/mol. The average molecular weight is 392 g/mol. The third-order valence-electron chi connectivity index (χ3n) is 4.95. The summed E-state index contributed by atoms with van der Waals surface area (Å²) >= 11 is 1.52. The van der Waals surface area contributed by atoms with Gasteiger partial charge in [0.2, 0.25) is 0 Å². The molecule has 0 bridgehead atoms. The van der Waals surface area contributed by atoms with E-state index >= 15 is 0 Å². The van der Waals surface area contributed by atoms with E-state index in [0.29, 0.717) is 17.4 Å². The van der Waals surface area contributed by atoms with Crippen LogP contribution in [-0.2, 0) is 13.6 Å². The zero-order valence-electron chi connectivity index (χ0n) is 16.3. The molecular weight excluding hydrogens is 370 g/mol. The molecule has 7 heteroatoms. The zero-order valence-corrected chi connectivity index (χ0v) is 17.1. The van der Waals surface area contributed by atoms with E-state index in [4.69, 9.17) is 4.98 Å². The fourth-order valence-electron chi connectivity index (χ4n) is 3.03. The molecule has 28 heavy (non-hydrogen) atoms. The first kappa shape index (κ1) is 18.3. The molecule has 0 aliphatic heterocycles. The van der Waals surface area contributed by atoms with Crippen molar-refractivity contribution in [2.45, 2.75) is 27.3 Å². The molecule has 0 N–H and O–H groups in total. The van der Waals surface area contributed by atoms with Crippen LogP contribution in [0.2, 0.25) is 0 Å². The van der Waals surface area contributed by atoms with E-state index in [2.05, 4.69) is 36.1 Å². The maximum Gasteiger partial charge on any atom is 0.280 e. The van der Waals surface area contributed by atoms with Crippen molar-refractivity contribution in [1.82, 2.24) is 19.7 Å². The first-order valence-electron chi connectivity index (χ1n) is 9.02. The highest BCUT2D eigenvalue weighted by atomic mass is 32.1. The summed E-state index contributed by atoms with van der Waals surface area (Å²) in [6.07, 6.45) is 3.49. The van der Waals surface area contributed by atoms with E-state index < -0.39 is 0 Å². The Bertz CT molecular complexity index is 1140. The molecule has 1 amide bonds. The molecular formula is C21H21N5OS. The van der Waals surface area contributed by atoms with Crippen molar-refractivity contribution < 1.29 is 4.79 Å². The van der Waals surface area contributed by atoms with E-state index in [1.165, 1.54) is 16.9 Å². The van der Waals surface area contributed by atoms with Crippen molar-refractivity contribution in [2.75, 3.05) is 4.90 Å². The number of aromatic nitrogens is 4. The zero-order chi connectivity index (χ0) is 19.8. The normalized spacial score (nSPS) is 11.1. The lowest BCUT2D eigenvalue weighted by Gasteiger charge is -2.18. The fraction of sp³-hybridized carbons (Fsp3) is 0.238. The summed E-state index contributed by atoms with van der Waals surface area (Å²) in [6.45, 7) is 6.46. The van der Waals surface area contributed by atoms with Crippen LogP contribution in [0.1, 0.15) is 32.9 Å². The fourth-order valence-corrected chi connectivity index (χ4v) is 4.06. The molecule has 0 saturated carbocycles. The van der Waals surface area contributed by atoms with Crippen molar-refractivity contribution in [3.05, 3.63) is 70.8 Å². The second kappa shape index (κ2) is 7.16. The summed E-state index contributed by atoms with van der Waals surface area (Å²) in [5.41, 5.74) is 5.56. The van der Waals surface area contributed by atoms with Gasteiger partial charge < -0.3 is 0 Å². The molecule has 0 spiro atoms. The second-order valence-electron chi connectivity index (χ2n) is 6.90. The van der Waals surface area contributed by atoms with Gasteiger partial charge in [-0.15, -0.1) is 0 Å². The van der Waals surface area contributed by atoms with Crippen LogP contribution in [0.4, 0.5) is 5.13 Å². The molecule has 0 aliphatic rings. The maximum absolute atomic E-state index is 13.3. The number of carbonyl (C=O) groups excluding carboxylic acids is 1. The molecule has 6 nitrogen and oxygen atoms in total. The SMILES string of the molecule is Cc1ccc2sc(N(Cc3cccnc3)C(=O)c3cc(C)n(C)n3)nc2c1C. The van der Waals surface area contributed by atoms with E-state index in [1.807, 2.05) is 26.1 Å². The Hall–Kier alpha value is -3.06. The predicted octanol–water partition coefficient (Wildman–Crippen LogP) is 4.20. The van der Waals surface area contributed by atoms with Crippen LogP contribution in [0.3, 0.4) is 0 Å². The van der Waals surface area contributed by atoms with Gasteiger partial charge in [-0.2, -0.15) is 5.10 Å². The summed E-state index contributed by atoms with van der Waals surface area (Å²) in [5, 5.41) is 5.04. The summed E-state index contributed by atoms with van der Waals surface area (Å²) in [6, 6.07) is 9.79. The summed E-state index contributed by atoms with van der Waals surface area (Å²) in [7, 11) is 1.83. The molecule has 0 saturated heterocycles. The van der Waals surface area contributed by atoms with Gasteiger partial charge in [-0.05, 0) is 55.7 Å². The molecule has 3 heterocycles. The number of amides is 1. The summed E-state index contributed by atoms with van der Waals surface area (Å²) in [4.78, 5) is 24.0. The van der Waals surface area contributed by atoms with Gasteiger partial charge in [0.1, 0.15) is 0 Å². The molecule has 0 radical (unpaired) electrons. The maximum atomic E-state index is 13.3. The summed E-state index contributed by atoms with van der Waals surface area (Å²) in [5.74, 6) is -0.166. The lowest BCUT2D eigenvalue weighted by Crippen LogP contribution is -2.30. The number of thiazole rings is 1. The first-order chi connectivity index (χ1) is 13.4. The third kappa shape index (κ3) is 3.29. The highest BCUT2D eigenvalue weighted by Gasteiger charge is 2.24. The number of aryl methyl sites for hydroxylation is 4. The average Bonchev–Trinajstić information content (AvgIpc) is 3.27. The molecule has 142 valence electrons. The molecule has 0 aliphatic carbocycles. The highest BCUT2D eigenvalue weighted by Crippen LogP contribution is 2.33. The van der Waals surface area contributed by atoms with Crippen molar-refractivity contribution in [3.8, 4) is 0 Å². The van der Waals surface area contributed by atoms with Crippen LogP contribution in [-0.4, -0.2) is 25.7 Å². The van der Waals surface area contributed by atoms with Crippen molar-refractivity contribution in [1.29, 1.82) is 0 Å².